The van der Waals surface area contributed by atoms with Crippen molar-refractivity contribution in [2.24, 2.45) is 23.7 Å². The zero-order valence-corrected chi connectivity index (χ0v) is 38.6. The molecule has 3 fully saturated rings. The summed E-state index contributed by atoms with van der Waals surface area (Å²) >= 11 is 0. The molecule has 0 aromatic rings. The molecule has 3 rings (SSSR count). The number of carbonyl (C=O) groups excluding carboxylic acids is 3. The Labute approximate surface area is 352 Å². The van der Waals surface area contributed by atoms with Gasteiger partial charge in [-0.15, -0.1) is 0 Å². The fraction of sp³-hybridized carbons (Fsp3) is 0.930. The fourth-order valence-corrected chi connectivity index (χ4v) is 9.61. The van der Waals surface area contributed by atoms with Crippen molar-refractivity contribution in [2.45, 2.75) is 193 Å². The van der Waals surface area contributed by atoms with E-state index in [1.165, 1.54) is 28.3 Å². The Hall–Kier alpha value is -1.99. The Balaban J connectivity index is 2.21. The van der Waals surface area contributed by atoms with Crippen molar-refractivity contribution in [1.82, 2.24) is 10.2 Å². The first-order chi connectivity index (χ1) is 27.5. The number of amides is 1. The number of esters is 1. The van der Waals surface area contributed by atoms with Gasteiger partial charge in [-0.3, -0.25) is 9.59 Å². The molecule has 0 aromatic heterocycles. The first-order valence-electron chi connectivity index (χ1n) is 21.5. The van der Waals surface area contributed by atoms with E-state index in [0.717, 1.165) is 6.42 Å². The van der Waals surface area contributed by atoms with Crippen LogP contribution < -0.4 is 5.32 Å². The van der Waals surface area contributed by atoms with E-state index in [1.54, 1.807) is 34.6 Å². The van der Waals surface area contributed by atoms with Gasteiger partial charge in [-0.1, -0.05) is 34.6 Å². The molecule has 3 aliphatic heterocycles. The van der Waals surface area contributed by atoms with E-state index < -0.39 is 108 Å². The maximum Gasteiger partial charge on any atom is 0.407 e. The third-order valence-electron chi connectivity index (χ3n) is 13.2. The Bertz CT molecular complexity index is 1370. The number of hydrogen-bond acceptors (Lipinski definition) is 15. The van der Waals surface area contributed by atoms with Crippen LogP contribution in [-0.4, -0.2) is 159 Å². The number of hydrogen-bond donors (Lipinski definition) is 3. The highest BCUT2D eigenvalue weighted by molar-refractivity contribution is 5.83. The molecule has 18 atom stereocenters. The van der Waals surface area contributed by atoms with Crippen LogP contribution in [0, 0.1) is 23.7 Å². The number of ether oxygens (including phenoxy) is 9. The van der Waals surface area contributed by atoms with Gasteiger partial charge in [-0.05, 0) is 81.3 Å². The summed E-state index contributed by atoms with van der Waals surface area (Å²) in [6, 6.07) is -0.290. The standard InChI is InChI=1S/C43H78N2O14/c1-17-19-44-40(49)59-37-28(8)55-31(22-42(37,10)53-16)57-34-26(6)35(58-39-33(47)29(45(12)13)20-24(4)54-39)41(9,52-15)21-23(3)32(46)25(5)36(51-14)43(11,50)30(18-2)56-38(48)27(34)7/h23-31,33-37,39,47,50H,17-22H2,1-16H3,(H,44,49)/t23-,24-,25+,26+,27-,28+,29+,30-,31+,33-,34+,35-,36-,37+,39+,41-,42-,43-/m1/s1. The van der Waals surface area contributed by atoms with E-state index in [-0.39, 0.29) is 37.2 Å². The summed E-state index contributed by atoms with van der Waals surface area (Å²) in [6.45, 7) is 20.1. The van der Waals surface area contributed by atoms with Gasteiger partial charge in [-0.25, -0.2) is 4.79 Å². The highest BCUT2D eigenvalue weighted by atomic mass is 16.7. The van der Waals surface area contributed by atoms with E-state index in [4.69, 9.17) is 42.6 Å². The quantitative estimate of drug-likeness (QED) is 0.237. The molecule has 3 heterocycles. The van der Waals surface area contributed by atoms with Crippen molar-refractivity contribution in [2.75, 3.05) is 42.0 Å². The normalized spacial score (nSPS) is 44.4. The van der Waals surface area contributed by atoms with Crippen LogP contribution >= 0.6 is 0 Å². The monoisotopic (exact) mass is 847 g/mol. The van der Waals surface area contributed by atoms with E-state index in [0.29, 0.717) is 13.0 Å². The molecule has 0 unspecified atom stereocenters. The number of Topliss-reactive ketones (excluding diaryl/α,β-unsaturated/α-hetero) is 1. The number of nitrogens with zero attached hydrogens (tertiary/aromatic N) is 1. The molecule has 0 radical (unpaired) electrons. The molecule has 16 heteroatoms. The van der Waals surface area contributed by atoms with Gasteiger partial charge in [0.25, 0.3) is 0 Å². The Kier molecular flexibility index (Phi) is 18.6. The molecule has 59 heavy (non-hydrogen) atoms. The Morgan fingerprint density at radius 3 is 2.03 bits per heavy atom. The zero-order valence-electron chi connectivity index (χ0n) is 38.6. The van der Waals surface area contributed by atoms with Crippen LogP contribution in [0.2, 0.25) is 0 Å². The highest BCUT2D eigenvalue weighted by Crippen LogP contribution is 2.42. The lowest BCUT2D eigenvalue weighted by molar-refractivity contribution is -0.319. The third kappa shape index (κ3) is 11.7. The maximum absolute atomic E-state index is 14.5. The number of aliphatic hydroxyl groups excluding tert-OH is 1. The minimum absolute atomic E-state index is 0.106. The van der Waals surface area contributed by atoms with Crippen LogP contribution in [0.4, 0.5) is 4.79 Å². The topological polar surface area (TPSA) is 190 Å². The number of cyclic esters (lactones) is 1. The third-order valence-corrected chi connectivity index (χ3v) is 13.2. The van der Waals surface area contributed by atoms with E-state index in [1.807, 2.05) is 53.6 Å². The minimum Gasteiger partial charge on any atom is -0.459 e. The molecule has 344 valence electrons. The summed E-state index contributed by atoms with van der Waals surface area (Å²) in [5.74, 6) is -4.03. The second-order valence-electron chi connectivity index (χ2n) is 18.2. The molecule has 3 saturated heterocycles. The predicted molar refractivity (Wildman–Crippen MR) is 218 cm³/mol. The van der Waals surface area contributed by atoms with Crippen LogP contribution in [0.15, 0.2) is 0 Å². The fourth-order valence-electron chi connectivity index (χ4n) is 9.61. The lowest BCUT2D eigenvalue weighted by atomic mass is 9.73. The highest BCUT2D eigenvalue weighted by Gasteiger charge is 2.55. The SMILES string of the molecule is CCCNC(=O)O[C@H]1[C@H](C)O[C@@H](O[C@H]2[C@H](C)[C@@H](O[C@@H]3O[C@H](C)C[C@H](N(C)C)[C@H]3O)[C@](C)(OC)C[C@@H](C)C(=O)[C@H](C)[C@@H](OC)[C@](C)(O)[C@@H](CC)OC(=O)[C@@H]2C)C[C@@]1(C)OC. The molecular weight excluding hydrogens is 768 g/mol. The molecule has 0 bridgehead atoms. The van der Waals surface area contributed by atoms with Gasteiger partial charge >= 0.3 is 12.1 Å². The Morgan fingerprint density at radius 1 is 0.881 bits per heavy atom. The number of nitrogens with one attached hydrogen (secondary N) is 1. The van der Waals surface area contributed by atoms with Crippen molar-refractivity contribution in [3.8, 4) is 0 Å². The second-order valence-corrected chi connectivity index (χ2v) is 18.2. The first kappa shape index (κ1) is 51.4. The average Bonchev–Trinajstić information content (AvgIpc) is 3.18. The van der Waals surface area contributed by atoms with Crippen molar-refractivity contribution >= 4 is 17.8 Å². The molecular formula is C43H78N2O14. The molecule has 1 amide bonds. The van der Waals surface area contributed by atoms with Crippen LogP contribution in [0.5, 0.6) is 0 Å². The summed E-state index contributed by atoms with van der Waals surface area (Å²) in [4.78, 5) is 43.5. The molecule has 16 nitrogen and oxygen atoms in total. The van der Waals surface area contributed by atoms with Crippen LogP contribution in [0.3, 0.4) is 0 Å². The van der Waals surface area contributed by atoms with Gasteiger partial charge in [0.2, 0.25) is 0 Å². The summed E-state index contributed by atoms with van der Waals surface area (Å²) in [6.07, 6.45) is -7.83. The number of likely N-dealkylation sites (N-methyl/N-ethyl adjacent to an activating group) is 1. The van der Waals surface area contributed by atoms with Crippen LogP contribution in [0.25, 0.3) is 0 Å². The largest absolute Gasteiger partial charge is 0.459 e. The predicted octanol–water partition coefficient (Wildman–Crippen LogP) is 4.24. The van der Waals surface area contributed by atoms with E-state index in [2.05, 4.69) is 5.32 Å². The van der Waals surface area contributed by atoms with Gasteiger partial charge in [0.1, 0.15) is 29.2 Å². The van der Waals surface area contributed by atoms with Crippen LogP contribution in [-0.2, 0) is 52.2 Å². The van der Waals surface area contributed by atoms with Gasteiger partial charge in [0.05, 0.1) is 42.0 Å². The molecule has 3 N–H and O–H groups in total. The lowest BCUT2D eigenvalue weighted by Gasteiger charge is -2.50. The average molecular weight is 847 g/mol. The van der Waals surface area contributed by atoms with Crippen molar-refractivity contribution < 1.29 is 67.2 Å². The van der Waals surface area contributed by atoms with Crippen LogP contribution in [0.1, 0.15) is 108 Å². The minimum atomic E-state index is -1.76. The van der Waals surface area contributed by atoms with Crippen molar-refractivity contribution in [1.29, 1.82) is 0 Å². The maximum atomic E-state index is 14.5. The van der Waals surface area contributed by atoms with E-state index >= 15 is 0 Å². The number of methoxy groups -OCH3 is 3. The lowest BCUT2D eigenvalue weighted by Crippen LogP contribution is -2.62. The molecule has 0 aliphatic carbocycles. The second kappa shape index (κ2) is 21.4. The molecule has 0 saturated carbocycles. The van der Waals surface area contributed by atoms with Crippen molar-refractivity contribution in [3.63, 3.8) is 0 Å². The molecule has 0 spiro atoms. The molecule has 0 aromatic carbocycles. The first-order valence-corrected chi connectivity index (χ1v) is 21.5. The van der Waals surface area contributed by atoms with E-state index in [9.17, 15) is 24.6 Å². The zero-order chi connectivity index (χ0) is 44.8. The number of alkyl carbamates (subject to hydrolysis) is 1. The summed E-state index contributed by atoms with van der Waals surface area (Å²) in [5, 5.41) is 26.5. The molecule has 3 aliphatic rings. The number of aliphatic hydroxyl groups is 2. The van der Waals surface area contributed by atoms with Gasteiger partial charge in [0, 0.05) is 58.1 Å². The number of rotatable bonds is 12. The smallest absolute Gasteiger partial charge is 0.407 e. The van der Waals surface area contributed by atoms with Gasteiger partial charge < -0.3 is 63.1 Å². The number of carbonyl (C=O) groups is 3. The van der Waals surface area contributed by atoms with Gasteiger partial charge in [-0.2, -0.15) is 0 Å². The summed E-state index contributed by atoms with van der Waals surface area (Å²) in [7, 11) is 8.26. The van der Waals surface area contributed by atoms with Gasteiger partial charge in [0.15, 0.2) is 18.7 Å². The summed E-state index contributed by atoms with van der Waals surface area (Å²) in [5.41, 5.74) is -4.07. The van der Waals surface area contributed by atoms with Crippen molar-refractivity contribution in [3.05, 3.63) is 0 Å². The summed E-state index contributed by atoms with van der Waals surface area (Å²) < 4.78 is 56.7. The Morgan fingerprint density at radius 2 is 1.49 bits per heavy atom. The number of ketones is 1.